The number of hydrogen-bond acceptors (Lipinski definition) is 6. The lowest BCUT2D eigenvalue weighted by molar-refractivity contribution is 0.0467. The Hall–Kier alpha value is -2.97. The summed E-state index contributed by atoms with van der Waals surface area (Å²) in [6.07, 6.45) is 2.11. The summed E-state index contributed by atoms with van der Waals surface area (Å²) in [6.45, 7) is 3.63. The lowest BCUT2D eigenvalue weighted by atomic mass is 10.2. The molecule has 1 atom stereocenters. The van der Waals surface area contributed by atoms with E-state index in [9.17, 15) is 13.2 Å². The van der Waals surface area contributed by atoms with Crippen LogP contribution < -0.4 is 4.72 Å². The first-order valence-corrected chi connectivity index (χ1v) is 10.7. The van der Waals surface area contributed by atoms with Gasteiger partial charge in [-0.25, -0.2) is 22.9 Å². The fraction of sp³-hybridized carbons (Fsp3) is 0.238. The van der Waals surface area contributed by atoms with Gasteiger partial charge in [0.25, 0.3) is 0 Å². The van der Waals surface area contributed by atoms with Crippen LogP contribution in [0.3, 0.4) is 0 Å². The molecule has 0 saturated heterocycles. The van der Waals surface area contributed by atoms with Crippen LogP contribution in [0.4, 0.5) is 0 Å². The molecule has 2 aromatic carbocycles. The predicted molar refractivity (Wildman–Crippen MR) is 108 cm³/mol. The molecule has 1 N–H and O–H groups in total. The Bertz CT molecular complexity index is 1060. The number of sulfonamides is 1. The van der Waals surface area contributed by atoms with E-state index in [2.05, 4.69) is 9.71 Å². The normalized spacial score (nSPS) is 12.5. The molecule has 0 saturated carbocycles. The zero-order valence-corrected chi connectivity index (χ0v) is 17.0. The molecule has 29 heavy (non-hydrogen) atoms. The Morgan fingerprint density at radius 3 is 2.48 bits per heavy atom. The summed E-state index contributed by atoms with van der Waals surface area (Å²) in [5.41, 5.74) is 1.56. The van der Waals surface area contributed by atoms with Gasteiger partial charge in [0.2, 0.25) is 15.9 Å². The molecule has 0 spiro atoms. The van der Waals surface area contributed by atoms with Gasteiger partial charge in [-0.1, -0.05) is 25.1 Å². The van der Waals surface area contributed by atoms with Crippen molar-refractivity contribution in [2.45, 2.75) is 37.8 Å². The standard InChI is InChI=1S/C21H22N2O5S/c1-3-15(2)23-29(25,26)19-11-9-17(10-12-19)21(24)28-14-18-13-27-20(22-18)16-7-5-4-6-8-16/h4-13,15,23H,3,14H2,1-2H3. The van der Waals surface area contributed by atoms with Gasteiger partial charge in [0.15, 0.2) is 0 Å². The molecule has 1 unspecified atom stereocenters. The van der Waals surface area contributed by atoms with Gasteiger partial charge in [0.05, 0.1) is 10.5 Å². The molecule has 0 aliphatic carbocycles. The number of nitrogens with one attached hydrogen (secondary N) is 1. The molecule has 152 valence electrons. The second-order valence-electron chi connectivity index (χ2n) is 6.54. The zero-order chi connectivity index (χ0) is 20.9. The van der Waals surface area contributed by atoms with Crippen molar-refractivity contribution in [1.82, 2.24) is 9.71 Å². The SMILES string of the molecule is CCC(C)NS(=O)(=O)c1ccc(C(=O)OCc2coc(-c3ccccc3)n2)cc1. The maximum Gasteiger partial charge on any atom is 0.338 e. The van der Waals surface area contributed by atoms with Crippen molar-refractivity contribution >= 4 is 16.0 Å². The number of ether oxygens (including phenoxy) is 1. The lowest BCUT2D eigenvalue weighted by Crippen LogP contribution is -2.32. The highest BCUT2D eigenvalue weighted by molar-refractivity contribution is 7.89. The summed E-state index contributed by atoms with van der Waals surface area (Å²) in [4.78, 5) is 16.6. The molecule has 0 aliphatic rings. The Morgan fingerprint density at radius 2 is 1.83 bits per heavy atom. The van der Waals surface area contributed by atoms with E-state index >= 15 is 0 Å². The quantitative estimate of drug-likeness (QED) is 0.563. The number of nitrogens with zero attached hydrogens (tertiary/aromatic N) is 1. The number of aromatic nitrogens is 1. The minimum atomic E-state index is -3.62. The first kappa shape index (κ1) is 20.8. The summed E-state index contributed by atoms with van der Waals surface area (Å²) < 4.78 is 37.8. The van der Waals surface area contributed by atoms with Crippen LogP contribution >= 0.6 is 0 Å². The van der Waals surface area contributed by atoms with E-state index in [0.717, 1.165) is 5.56 Å². The number of oxazole rings is 1. The van der Waals surface area contributed by atoms with Gasteiger partial charge in [-0.05, 0) is 49.7 Å². The van der Waals surface area contributed by atoms with E-state index in [1.165, 1.54) is 30.5 Å². The number of esters is 1. The van der Waals surface area contributed by atoms with Crippen molar-refractivity contribution in [1.29, 1.82) is 0 Å². The minimum Gasteiger partial charge on any atom is -0.455 e. The maximum absolute atomic E-state index is 12.3. The summed E-state index contributed by atoms with van der Waals surface area (Å²) in [6, 6.07) is 14.8. The third-order valence-electron chi connectivity index (χ3n) is 4.29. The number of carbonyl (C=O) groups excluding carboxylic acids is 1. The van der Waals surface area contributed by atoms with E-state index in [-0.39, 0.29) is 23.1 Å². The highest BCUT2D eigenvalue weighted by Crippen LogP contribution is 2.19. The molecule has 1 aromatic heterocycles. The molecule has 0 radical (unpaired) electrons. The van der Waals surface area contributed by atoms with Crippen LogP contribution in [-0.4, -0.2) is 25.4 Å². The molecular formula is C21H22N2O5S. The van der Waals surface area contributed by atoms with Crippen LogP contribution in [-0.2, 0) is 21.4 Å². The van der Waals surface area contributed by atoms with Gasteiger partial charge in [-0.15, -0.1) is 0 Å². The summed E-state index contributed by atoms with van der Waals surface area (Å²) in [5.74, 6) is -0.131. The molecule has 1 heterocycles. The number of benzene rings is 2. The lowest BCUT2D eigenvalue weighted by Gasteiger charge is -2.12. The third-order valence-corrected chi connectivity index (χ3v) is 5.90. The highest BCUT2D eigenvalue weighted by Gasteiger charge is 2.17. The average molecular weight is 414 g/mol. The van der Waals surface area contributed by atoms with Crippen molar-refractivity contribution in [2.75, 3.05) is 0 Å². The van der Waals surface area contributed by atoms with Crippen molar-refractivity contribution < 1.29 is 22.4 Å². The summed E-state index contributed by atoms with van der Waals surface area (Å²) in [7, 11) is -3.62. The molecule has 3 aromatic rings. The van der Waals surface area contributed by atoms with Crippen molar-refractivity contribution in [3.63, 3.8) is 0 Å². The van der Waals surface area contributed by atoms with Crippen molar-refractivity contribution in [2.24, 2.45) is 0 Å². The Labute approximate surface area is 169 Å². The smallest absolute Gasteiger partial charge is 0.338 e. The minimum absolute atomic E-state index is 0.0508. The van der Waals surface area contributed by atoms with E-state index in [1.807, 2.05) is 37.3 Å². The van der Waals surface area contributed by atoms with Crippen LogP contribution in [0.15, 0.2) is 70.2 Å². The molecule has 0 amide bonds. The Morgan fingerprint density at radius 1 is 1.14 bits per heavy atom. The van der Waals surface area contributed by atoms with Gasteiger partial charge in [-0.2, -0.15) is 0 Å². The molecule has 0 aliphatic heterocycles. The third kappa shape index (κ3) is 5.30. The number of hydrogen-bond donors (Lipinski definition) is 1. The second kappa shape index (κ2) is 9.02. The van der Waals surface area contributed by atoms with Gasteiger partial charge >= 0.3 is 5.97 Å². The molecular weight excluding hydrogens is 392 g/mol. The fourth-order valence-electron chi connectivity index (χ4n) is 2.50. The van der Waals surface area contributed by atoms with Crippen molar-refractivity contribution in [3.8, 4) is 11.5 Å². The fourth-order valence-corrected chi connectivity index (χ4v) is 3.82. The zero-order valence-electron chi connectivity index (χ0n) is 16.2. The topological polar surface area (TPSA) is 98.5 Å². The van der Waals surface area contributed by atoms with E-state index in [4.69, 9.17) is 9.15 Å². The van der Waals surface area contributed by atoms with E-state index in [0.29, 0.717) is 18.0 Å². The number of rotatable bonds is 8. The average Bonchev–Trinajstić information content (AvgIpc) is 3.21. The summed E-state index contributed by atoms with van der Waals surface area (Å²) >= 11 is 0. The molecule has 8 heteroatoms. The van der Waals surface area contributed by atoms with Gasteiger partial charge in [0.1, 0.15) is 18.6 Å². The van der Waals surface area contributed by atoms with Gasteiger partial charge in [-0.3, -0.25) is 0 Å². The monoisotopic (exact) mass is 414 g/mol. The predicted octanol–water partition coefficient (Wildman–Crippen LogP) is 3.78. The molecule has 0 bridgehead atoms. The van der Waals surface area contributed by atoms with Crippen LogP contribution in [0.1, 0.15) is 36.3 Å². The van der Waals surface area contributed by atoms with E-state index in [1.54, 1.807) is 6.92 Å². The van der Waals surface area contributed by atoms with Crippen LogP contribution in [0.2, 0.25) is 0 Å². The van der Waals surface area contributed by atoms with Crippen LogP contribution in [0, 0.1) is 0 Å². The Balaban J connectivity index is 1.61. The van der Waals surface area contributed by atoms with Gasteiger partial charge in [0, 0.05) is 11.6 Å². The highest BCUT2D eigenvalue weighted by atomic mass is 32.2. The largest absolute Gasteiger partial charge is 0.455 e. The molecule has 0 fully saturated rings. The molecule has 3 rings (SSSR count). The second-order valence-corrected chi connectivity index (χ2v) is 8.26. The van der Waals surface area contributed by atoms with Crippen molar-refractivity contribution in [3.05, 3.63) is 72.1 Å². The van der Waals surface area contributed by atoms with Crippen LogP contribution in [0.25, 0.3) is 11.5 Å². The number of carbonyl (C=O) groups is 1. The first-order chi connectivity index (χ1) is 13.9. The first-order valence-electron chi connectivity index (χ1n) is 9.18. The maximum atomic E-state index is 12.3. The summed E-state index contributed by atoms with van der Waals surface area (Å²) in [5, 5.41) is 0. The van der Waals surface area contributed by atoms with Crippen LogP contribution in [0.5, 0.6) is 0 Å². The van der Waals surface area contributed by atoms with Gasteiger partial charge < -0.3 is 9.15 Å². The Kier molecular flexibility index (Phi) is 6.46. The molecule has 7 nitrogen and oxygen atoms in total. The van der Waals surface area contributed by atoms with E-state index < -0.39 is 16.0 Å².